The van der Waals surface area contributed by atoms with Crippen LogP contribution in [0.15, 0.2) is 40.2 Å². The van der Waals surface area contributed by atoms with Crippen LogP contribution in [0.4, 0.5) is 11.4 Å². The van der Waals surface area contributed by atoms with E-state index in [-0.39, 0.29) is 5.91 Å². The van der Waals surface area contributed by atoms with E-state index in [1.165, 1.54) is 4.88 Å². The number of rotatable bonds is 4. The van der Waals surface area contributed by atoms with Gasteiger partial charge in [0.25, 0.3) is 0 Å². The van der Waals surface area contributed by atoms with E-state index in [2.05, 4.69) is 32.7 Å². The lowest BCUT2D eigenvalue weighted by molar-refractivity contribution is -0.117. The fourth-order valence-electron chi connectivity index (χ4n) is 2.39. The molecule has 1 saturated heterocycles. The number of carbonyl (C=O) groups excluding carboxylic acids is 1. The first kappa shape index (κ1) is 13.6. The fraction of sp³-hybridized carbons (Fsp3) is 0.267. The predicted octanol–water partition coefficient (Wildman–Crippen LogP) is 4.25. The first-order valence-electron chi connectivity index (χ1n) is 6.60. The highest BCUT2D eigenvalue weighted by Crippen LogP contribution is 2.30. The SMILES string of the molecule is O=C1CCCN1c1ccccc1NCc1cc(Br)cs1. The lowest BCUT2D eigenvalue weighted by Crippen LogP contribution is -2.24. The predicted molar refractivity (Wildman–Crippen MR) is 87.4 cm³/mol. The normalized spacial score (nSPS) is 14.8. The Hall–Kier alpha value is -1.33. The summed E-state index contributed by atoms with van der Waals surface area (Å²) in [6.07, 6.45) is 1.61. The van der Waals surface area contributed by atoms with E-state index in [4.69, 9.17) is 0 Å². The zero-order chi connectivity index (χ0) is 13.9. The lowest BCUT2D eigenvalue weighted by Gasteiger charge is -2.20. The molecule has 104 valence electrons. The molecule has 1 aromatic heterocycles. The number of para-hydroxylation sites is 2. The van der Waals surface area contributed by atoms with Gasteiger partial charge in [-0.2, -0.15) is 0 Å². The first-order valence-corrected chi connectivity index (χ1v) is 8.27. The molecule has 2 heterocycles. The van der Waals surface area contributed by atoms with Crippen LogP contribution < -0.4 is 10.2 Å². The van der Waals surface area contributed by atoms with E-state index < -0.39 is 0 Å². The summed E-state index contributed by atoms with van der Waals surface area (Å²) >= 11 is 5.18. The molecule has 1 amide bonds. The smallest absolute Gasteiger partial charge is 0.227 e. The lowest BCUT2D eigenvalue weighted by atomic mass is 10.2. The first-order chi connectivity index (χ1) is 9.74. The van der Waals surface area contributed by atoms with Gasteiger partial charge in [0.15, 0.2) is 0 Å². The summed E-state index contributed by atoms with van der Waals surface area (Å²) in [6.45, 7) is 1.59. The van der Waals surface area contributed by atoms with Gasteiger partial charge in [-0.05, 0) is 40.5 Å². The van der Waals surface area contributed by atoms with E-state index >= 15 is 0 Å². The molecule has 1 aliphatic rings. The van der Waals surface area contributed by atoms with Crippen LogP contribution in [-0.2, 0) is 11.3 Å². The quantitative estimate of drug-likeness (QED) is 0.893. The van der Waals surface area contributed by atoms with Crippen molar-refractivity contribution in [3.8, 4) is 0 Å². The van der Waals surface area contributed by atoms with Gasteiger partial charge in [0.05, 0.1) is 11.4 Å². The highest BCUT2D eigenvalue weighted by molar-refractivity contribution is 9.10. The molecular weight excluding hydrogens is 336 g/mol. The minimum Gasteiger partial charge on any atom is -0.378 e. The van der Waals surface area contributed by atoms with Crippen LogP contribution in [0.1, 0.15) is 17.7 Å². The van der Waals surface area contributed by atoms with Crippen molar-refractivity contribution in [1.29, 1.82) is 0 Å². The van der Waals surface area contributed by atoms with Crippen LogP contribution >= 0.6 is 27.3 Å². The number of benzene rings is 1. The van der Waals surface area contributed by atoms with E-state index in [1.54, 1.807) is 11.3 Å². The van der Waals surface area contributed by atoms with Crippen LogP contribution in [0.25, 0.3) is 0 Å². The number of hydrogen-bond donors (Lipinski definition) is 1. The van der Waals surface area contributed by atoms with Gasteiger partial charge < -0.3 is 10.2 Å². The van der Waals surface area contributed by atoms with Crippen molar-refractivity contribution in [2.24, 2.45) is 0 Å². The second kappa shape index (κ2) is 5.97. The summed E-state index contributed by atoms with van der Waals surface area (Å²) in [4.78, 5) is 15.0. The van der Waals surface area contributed by atoms with Gasteiger partial charge in [0.2, 0.25) is 5.91 Å². The van der Waals surface area contributed by atoms with Crippen molar-refractivity contribution in [3.63, 3.8) is 0 Å². The number of carbonyl (C=O) groups is 1. The molecule has 0 radical (unpaired) electrons. The van der Waals surface area contributed by atoms with E-state index in [1.807, 2.05) is 29.2 Å². The molecule has 2 aromatic rings. The second-order valence-electron chi connectivity index (χ2n) is 4.75. The summed E-state index contributed by atoms with van der Waals surface area (Å²) in [7, 11) is 0. The Morgan fingerprint density at radius 2 is 2.20 bits per heavy atom. The van der Waals surface area contributed by atoms with Gasteiger partial charge in [-0.15, -0.1) is 11.3 Å². The molecule has 0 aliphatic carbocycles. The number of hydrogen-bond acceptors (Lipinski definition) is 3. The zero-order valence-electron chi connectivity index (χ0n) is 10.9. The van der Waals surface area contributed by atoms with E-state index in [0.29, 0.717) is 6.42 Å². The van der Waals surface area contributed by atoms with Gasteiger partial charge in [0.1, 0.15) is 0 Å². The van der Waals surface area contributed by atoms with Crippen molar-refractivity contribution >= 4 is 44.5 Å². The molecule has 0 unspecified atom stereocenters. The number of thiophene rings is 1. The Morgan fingerprint density at radius 1 is 1.35 bits per heavy atom. The maximum atomic E-state index is 11.9. The minimum atomic E-state index is 0.220. The minimum absolute atomic E-state index is 0.220. The van der Waals surface area contributed by atoms with E-state index in [0.717, 1.165) is 35.4 Å². The molecule has 0 spiro atoms. The highest BCUT2D eigenvalue weighted by atomic mass is 79.9. The average Bonchev–Trinajstić information content (AvgIpc) is 3.05. The van der Waals surface area contributed by atoms with Gasteiger partial charge >= 0.3 is 0 Å². The zero-order valence-corrected chi connectivity index (χ0v) is 13.3. The van der Waals surface area contributed by atoms with Gasteiger partial charge in [-0.3, -0.25) is 4.79 Å². The van der Waals surface area contributed by atoms with Crippen LogP contribution in [0.3, 0.4) is 0 Å². The number of anilines is 2. The molecule has 1 aliphatic heterocycles. The molecule has 3 nitrogen and oxygen atoms in total. The summed E-state index contributed by atoms with van der Waals surface area (Å²) < 4.78 is 1.11. The van der Waals surface area contributed by atoms with Crippen LogP contribution in [0.2, 0.25) is 0 Å². The Bertz CT molecular complexity index is 626. The summed E-state index contributed by atoms with van der Waals surface area (Å²) in [5.41, 5.74) is 2.01. The molecule has 20 heavy (non-hydrogen) atoms. The van der Waals surface area contributed by atoms with Crippen LogP contribution in [0.5, 0.6) is 0 Å². The Kier molecular flexibility index (Phi) is 4.08. The third kappa shape index (κ3) is 2.88. The molecule has 0 saturated carbocycles. The van der Waals surface area contributed by atoms with Crippen molar-refractivity contribution in [3.05, 3.63) is 45.1 Å². The van der Waals surface area contributed by atoms with Gasteiger partial charge in [-0.25, -0.2) is 0 Å². The molecular formula is C15H15BrN2OS. The van der Waals surface area contributed by atoms with Crippen LogP contribution in [0, 0.1) is 0 Å². The second-order valence-corrected chi connectivity index (χ2v) is 6.66. The monoisotopic (exact) mass is 350 g/mol. The molecule has 1 aromatic carbocycles. The summed E-state index contributed by atoms with van der Waals surface area (Å²) in [5, 5.41) is 5.51. The Balaban J connectivity index is 1.77. The molecule has 0 bridgehead atoms. The third-order valence-electron chi connectivity index (χ3n) is 3.34. The number of nitrogens with zero attached hydrogens (tertiary/aromatic N) is 1. The molecule has 1 N–H and O–H groups in total. The largest absolute Gasteiger partial charge is 0.378 e. The maximum Gasteiger partial charge on any atom is 0.227 e. The number of halogens is 1. The Morgan fingerprint density at radius 3 is 2.90 bits per heavy atom. The van der Waals surface area contributed by atoms with E-state index in [9.17, 15) is 4.79 Å². The number of amides is 1. The topological polar surface area (TPSA) is 32.3 Å². The average molecular weight is 351 g/mol. The molecule has 1 fully saturated rings. The van der Waals surface area contributed by atoms with Crippen molar-refractivity contribution in [1.82, 2.24) is 0 Å². The number of nitrogens with one attached hydrogen (secondary N) is 1. The summed E-state index contributed by atoms with van der Waals surface area (Å²) in [6, 6.07) is 10.1. The van der Waals surface area contributed by atoms with Crippen molar-refractivity contribution in [2.75, 3.05) is 16.8 Å². The van der Waals surface area contributed by atoms with Crippen molar-refractivity contribution < 1.29 is 4.79 Å². The fourth-order valence-corrected chi connectivity index (χ4v) is 3.78. The Labute approximate surface area is 130 Å². The standard InChI is InChI=1S/C15H15BrN2OS/c16-11-8-12(20-10-11)9-17-13-4-1-2-5-14(13)18-7-3-6-15(18)19/h1-2,4-5,8,10,17H,3,6-7,9H2. The van der Waals surface area contributed by atoms with Gasteiger partial charge in [-0.1, -0.05) is 12.1 Å². The van der Waals surface area contributed by atoms with Gasteiger partial charge in [0, 0.05) is 34.2 Å². The molecule has 3 rings (SSSR count). The van der Waals surface area contributed by atoms with Crippen LogP contribution in [-0.4, -0.2) is 12.5 Å². The highest BCUT2D eigenvalue weighted by Gasteiger charge is 2.23. The third-order valence-corrected chi connectivity index (χ3v) is 5.04. The molecule has 0 atom stereocenters. The maximum absolute atomic E-state index is 11.9. The summed E-state index contributed by atoms with van der Waals surface area (Å²) in [5.74, 6) is 0.220. The van der Waals surface area contributed by atoms with Crippen molar-refractivity contribution in [2.45, 2.75) is 19.4 Å². The molecule has 5 heteroatoms.